The van der Waals surface area contributed by atoms with Crippen molar-refractivity contribution in [1.29, 1.82) is 0 Å². The minimum Gasteiger partial charge on any atom is -0.474 e. The van der Waals surface area contributed by atoms with Gasteiger partial charge in [-0.2, -0.15) is 0 Å². The van der Waals surface area contributed by atoms with Crippen LogP contribution in [0.1, 0.15) is 26.3 Å². The van der Waals surface area contributed by atoms with Gasteiger partial charge < -0.3 is 10.1 Å². The fraction of sp³-hybridized carbons (Fsp3) is 0.583. The Labute approximate surface area is 91.9 Å². The first kappa shape index (κ1) is 12.0. The molecule has 15 heavy (non-hydrogen) atoms. The molecule has 1 rings (SSSR count). The van der Waals surface area contributed by atoms with Gasteiger partial charge in [0.05, 0.1) is 6.10 Å². The number of rotatable bonds is 5. The van der Waals surface area contributed by atoms with Crippen LogP contribution in [-0.4, -0.2) is 18.1 Å². The van der Waals surface area contributed by atoms with Crippen LogP contribution in [0, 0.1) is 5.92 Å². The molecule has 0 aliphatic carbocycles. The summed E-state index contributed by atoms with van der Waals surface area (Å²) in [4.78, 5) is 4.19. The molecule has 0 amide bonds. The van der Waals surface area contributed by atoms with Crippen molar-refractivity contribution in [2.24, 2.45) is 5.92 Å². The first-order valence-electron chi connectivity index (χ1n) is 5.39. The van der Waals surface area contributed by atoms with Crippen molar-refractivity contribution in [3.8, 4) is 5.88 Å². The van der Waals surface area contributed by atoms with Crippen molar-refractivity contribution in [3.63, 3.8) is 0 Å². The summed E-state index contributed by atoms with van der Waals surface area (Å²) < 4.78 is 5.72. The monoisotopic (exact) mass is 208 g/mol. The van der Waals surface area contributed by atoms with Crippen molar-refractivity contribution in [2.45, 2.75) is 33.4 Å². The van der Waals surface area contributed by atoms with E-state index >= 15 is 0 Å². The molecule has 0 bridgehead atoms. The van der Waals surface area contributed by atoms with Gasteiger partial charge in [0.1, 0.15) is 0 Å². The van der Waals surface area contributed by atoms with Crippen LogP contribution in [0.15, 0.2) is 18.3 Å². The molecule has 84 valence electrons. The summed E-state index contributed by atoms with van der Waals surface area (Å²) in [6.07, 6.45) is 1.98. The molecule has 0 spiro atoms. The Hall–Kier alpha value is -1.09. The smallest absolute Gasteiger partial charge is 0.213 e. The van der Waals surface area contributed by atoms with Gasteiger partial charge >= 0.3 is 0 Å². The molecule has 1 N–H and O–H groups in total. The lowest BCUT2D eigenvalue weighted by molar-refractivity contribution is 0.163. The van der Waals surface area contributed by atoms with Gasteiger partial charge in [0.2, 0.25) is 5.88 Å². The molecule has 1 aromatic heterocycles. The second kappa shape index (κ2) is 5.71. The summed E-state index contributed by atoms with van der Waals surface area (Å²) in [6.45, 7) is 7.19. The molecule has 0 saturated carbocycles. The lowest BCUT2D eigenvalue weighted by Crippen LogP contribution is -2.19. The van der Waals surface area contributed by atoms with Crippen LogP contribution in [0.25, 0.3) is 0 Å². The number of nitrogens with zero attached hydrogens (tertiary/aromatic N) is 1. The number of hydrogen-bond donors (Lipinski definition) is 1. The zero-order valence-electron chi connectivity index (χ0n) is 9.95. The molecule has 3 nitrogen and oxygen atoms in total. The molecule has 1 atom stereocenters. The van der Waals surface area contributed by atoms with Gasteiger partial charge in [0, 0.05) is 18.8 Å². The highest BCUT2D eigenvalue weighted by molar-refractivity contribution is 5.20. The van der Waals surface area contributed by atoms with Crippen LogP contribution in [0.4, 0.5) is 0 Å². The highest BCUT2D eigenvalue weighted by Crippen LogP contribution is 2.14. The average molecular weight is 208 g/mol. The Morgan fingerprint density at radius 1 is 1.40 bits per heavy atom. The maximum absolute atomic E-state index is 5.72. The molecule has 0 aromatic carbocycles. The van der Waals surface area contributed by atoms with E-state index in [1.807, 2.05) is 19.2 Å². The number of ether oxygens (including phenoxy) is 1. The lowest BCUT2D eigenvalue weighted by Gasteiger charge is -2.17. The minimum atomic E-state index is 0.197. The van der Waals surface area contributed by atoms with Crippen molar-refractivity contribution in [3.05, 3.63) is 23.9 Å². The summed E-state index contributed by atoms with van der Waals surface area (Å²) in [5, 5.41) is 3.10. The number of pyridine rings is 1. The van der Waals surface area contributed by atoms with Gasteiger partial charge in [-0.25, -0.2) is 4.98 Å². The molecular formula is C12H20N2O. The van der Waals surface area contributed by atoms with Crippen LogP contribution in [-0.2, 0) is 6.54 Å². The Balaban J connectivity index is 2.64. The van der Waals surface area contributed by atoms with E-state index in [9.17, 15) is 0 Å². The van der Waals surface area contributed by atoms with E-state index in [1.54, 1.807) is 6.20 Å². The van der Waals surface area contributed by atoms with E-state index in [1.165, 1.54) is 5.56 Å². The van der Waals surface area contributed by atoms with Gasteiger partial charge in [-0.05, 0) is 31.5 Å². The minimum absolute atomic E-state index is 0.197. The van der Waals surface area contributed by atoms with Gasteiger partial charge in [0.15, 0.2) is 0 Å². The summed E-state index contributed by atoms with van der Waals surface area (Å²) in [5.74, 6) is 1.21. The zero-order valence-corrected chi connectivity index (χ0v) is 9.95. The zero-order chi connectivity index (χ0) is 11.3. The van der Waals surface area contributed by atoms with E-state index < -0.39 is 0 Å². The van der Waals surface area contributed by atoms with Gasteiger partial charge in [-0.1, -0.05) is 13.8 Å². The van der Waals surface area contributed by atoms with Crippen LogP contribution in [0.2, 0.25) is 0 Å². The maximum Gasteiger partial charge on any atom is 0.213 e. The second-order valence-electron chi connectivity index (χ2n) is 4.10. The molecule has 0 aliphatic rings. The largest absolute Gasteiger partial charge is 0.474 e. The summed E-state index contributed by atoms with van der Waals surface area (Å²) in [7, 11) is 1.93. The highest BCUT2D eigenvalue weighted by atomic mass is 16.5. The molecule has 1 heterocycles. The molecule has 1 unspecified atom stereocenters. The van der Waals surface area contributed by atoms with E-state index in [-0.39, 0.29) is 6.10 Å². The fourth-order valence-electron chi connectivity index (χ4n) is 1.16. The summed E-state index contributed by atoms with van der Waals surface area (Å²) in [6, 6.07) is 3.97. The third-order valence-electron chi connectivity index (χ3n) is 2.43. The quantitative estimate of drug-likeness (QED) is 0.805. The van der Waals surface area contributed by atoms with Crippen molar-refractivity contribution in [2.75, 3.05) is 7.05 Å². The predicted molar refractivity (Wildman–Crippen MR) is 61.9 cm³/mol. The van der Waals surface area contributed by atoms with E-state index in [0.29, 0.717) is 11.8 Å². The average Bonchev–Trinajstić information content (AvgIpc) is 2.18. The summed E-state index contributed by atoms with van der Waals surface area (Å²) in [5.41, 5.74) is 1.19. The van der Waals surface area contributed by atoms with Crippen molar-refractivity contribution < 1.29 is 4.74 Å². The molecule has 0 aliphatic heterocycles. The predicted octanol–water partition coefficient (Wildman–Crippen LogP) is 2.22. The third-order valence-corrected chi connectivity index (χ3v) is 2.43. The number of hydrogen-bond acceptors (Lipinski definition) is 3. The van der Waals surface area contributed by atoms with E-state index in [0.717, 1.165) is 6.54 Å². The van der Waals surface area contributed by atoms with E-state index in [4.69, 9.17) is 4.74 Å². The SMILES string of the molecule is CNCc1ccnc(OC(C)C(C)C)c1. The third kappa shape index (κ3) is 3.88. The van der Waals surface area contributed by atoms with Gasteiger partial charge in [0.25, 0.3) is 0 Å². The maximum atomic E-state index is 5.72. The van der Waals surface area contributed by atoms with Crippen LogP contribution in [0.5, 0.6) is 5.88 Å². The van der Waals surface area contributed by atoms with E-state index in [2.05, 4.69) is 31.1 Å². The number of aromatic nitrogens is 1. The fourth-order valence-corrected chi connectivity index (χ4v) is 1.16. The van der Waals surface area contributed by atoms with Crippen LogP contribution in [0.3, 0.4) is 0 Å². The van der Waals surface area contributed by atoms with Crippen LogP contribution >= 0.6 is 0 Å². The Bertz CT molecular complexity index is 299. The first-order chi connectivity index (χ1) is 7.13. The molecule has 0 saturated heterocycles. The van der Waals surface area contributed by atoms with Gasteiger partial charge in [-0.15, -0.1) is 0 Å². The van der Waals surface area contributed by atoms with Crippen LogP contribution < -0.4 is 10.1 Å². The summed E-state index contributed by atoms with van der Waals surface area (Å²) >= 11 is 0. The Morgan fingerprint density at radius 3 is 2.73 bits per heavy atom. The molecule has 0 fully saturated rings. The highest BCUT2D eigenvalue weighted by Gasteiger charge is 2.09. The molecule has 0 radical (unpaired) electrons. The lowest BCUT2D eigenvalue weighted by atomic mass is 10.1. The standard InChI is InChI=1S/C12H20N2O/c1-9(2)10(3)15-12-7-11(8-13-4)5-6-14-12/h5-7,9-10,13H,8H2,1-4H3. The topological polar surface area (TPSA) is 34.2 Å². The second-order valence-corrected chi connectivity index (χ2v) is 4.10. The molecule has 3 heteroatoms. The Morgan fingerprint density at radius 2 is 2.13 bits per heavy atom. The Kier molecular flexibility index (Phi) is 4.56. The van der Waals surface area contributed by atoms with Crippen molar-refractivity contribution >= 4 is 0 Å². The van der Waals surface area contributed by atoms with Gasteiger partial charge in [-0.3, -0.25) is 0 Å². The first-order valence-corrected chi connectivity index (χ1v) is 5.39. The normalized spacial score (nSPS) is 12.9. The number of nitrogens with one attached hydrogen (secondary N) is 1. The molecule has 1 aromatic rings. The molecular weight excluding hydrogens is 188 g/mol. The van der Waals surface area contributed by atoms with Crippen molar-refractivity contribution in [1.82, 2.24) is 10.3 Å².